The molecule has 1 heterocycles. The molecular weight excluding hydrogens is 347 g/mol. The highest BCUT2D eigenvalue weighted by molar-refractivity contribution is 6.32. The maximum absolute atomic E-state index is 13.6. The van der Waals surface area contributed by atoms with Crippen LogP contribution in [0.2, 0.25) is 5.02 Å². The summed E-state index contributed by atoms with van der Waals surface area (Å²) in [5, 5.41) is 4.64. The molecule has 2 nitrogen and oxygen atoms in total. The van der Waals surface area contributed by atoms with Gasteiger partial charge in [-0.1, -0.05) is 35.9 Å². The Hall–Kier alpha value is -2.52. The van der Waals surface area contributed by atoms with E-state index in [0.29, 0.717) is 0 Å². The minimum absolute atomic E-state index is 0.197. The highest BCUT2D eigenvalue weighted by Gasteiger charge is 2.14. The molecule has 4 heteroatoms. The second-order valence-corrected chi connectivity index (χ2v) is 6.86. The van der Waals surface area contributed by atoms with E-state index in [-0.39, 0.29) is 10.8 Å². The van der Waals surface area contributed by atoms with E-state index in [1.807, 2.05) is 6.07 Å². The van der Waals surface area contributed by atoms with Crippen molar-refractivity contribution in [3.05, 3.63) is 83.2 Å². The van der Waals surface area contributed by atoms with Gasteiger partial charge in [-0.05, 0) is 70.5 Å². The van der Waals surface area contributed by atoms with Gasteiger partial charge in [-0.25, -0.2) is 4.39 Å². The Labute approximate surface area is 156 Å². The van der Waals surface area contributed by atoms with Gasteiger partial charge in [-0.15, -0.1) is 0 Å². The van der Waals surface area contributed by atoms with Crippen LogP contribution in [0, 0.1) is 5.82 Å². The topological polar surface area (TPSA) is 25.8 Å². The first-order valence-electron chi connectivity index (χ1n) is 8.76. The predicted octanol–water partition coefficient (Wildman–Crippen LogP) is 6.14. The molecule has 0 saturated heterocycles. The molecule has 0 aliphatic heterocycles. The molecule has 0 N–H and O–H groups in total. The second kappa shape index (κ2) is 7.38. The molecule has 130 valence electrons. The first-order chi connectivity index (χ1) is 12.7. The number of aryl methyl sites for hydroxylation is 2. The van der Waals surface area contributed by atoms with Crippen LogP contribution in [0.4, 0.5) is 4.39 Å². The molecule has 0 unspecified atom stereocenters. The summed E-state index contributed by atoms with van der Waals surface area (Å²) >= 11 is 5.96. The molecule has 0 amide bonds. The van der Waals surface area contributed by atoms with E-state index in [2.05, 4.69) is 28.2 Å². The maximum Gasteiger partial charge on any atom is 0.142 e. The largest absolute Gasteiger partial charge is 0.262 e. The number of fused-ring (bicyclic) bond motifs is 5. The minimum atomic E-state index is -0.350. The van der Waals surface area contributed by atoms with Gasteiger partial charge in [0.15, 0.2) is 0 Å². The molecule has 0 spiro atoms. The lowest BCUT2D eigenvalue weighted by molar-refractivity contribution is 0.630. The Morgan fingerprint density at radius 1 is 0.769 bits per heavy atom. The quantitative estimate of drug-likeness (QED) is 0.350. The number of halogens is 2. The van der Waals surface area contributed by atoms with E-state index in [1.54, 1.807) is 30.9 Å². The van der Waals surface area contributed by atoms with Crippen LogP contribution in [-0.4, -0.2) is 9.97 Å². The molecule has 0 fully saturated rings. The van der Waals surface area contributed by atoms with E-state index in [1.165, 1.54) is 47.2 Å². The molecule has 26 heavy (non-hydrogen) atoms. The second-order valence-electron chi connectivity index (χ2n) is 6.45. The highest BCUT2D eigenvalue weighted by atomic mass is 35.5. The predicted molar refractivity (Wildman–Crippen MR) is 105 cm³/mol. The lowest BCUT2D eigenvalue weighted by Crippen LogP contribution is -2.03. The molecule has 0 radical (unpaired) electrons. The summed E-state index contributed by atoms with van der Waals surface area (Å²) in [6.07, 6.45) is 11.4. The van der Waals surface area contributed by atoms with Gasteiger partial charge in [0.05, 0.1) is 5.02 Å². The Balaban J connectivity index is 0.000000240. The average Bonchev–Trinajstić information content (AvgIpc) is 2.70. The average molecular weight is 365 g/mol. The SMILES string of the molecule is Fc1cc2ccc3c4c(ccc3c2cc1Cl)CCCC4.c1cnccn1. The highest BCUT2D eigenvalue weighted by Crippen LogP contribution is 2.34. The minimum Gasteiger partial charge on any atom is -0.262 e. The Morgan fingerprint density at radius 3 is 2.19 bits per heavy atom. The zero-order chi connectivity index (χ0) is 17.9. The van der Waals surface area contributed by atoms with Gasteiger partial charge >= 0.3 is 0 Å². The number of rotatable bonds is 0. The van der Waals surface area contributed by atoms with E-state index in [0.717, 1.165) is 17.2 Å². The van der Waals surface area contributed by atoms with Gasteiger partial charge in [-0.3, -0.25) is 9.97 Å². The summed E-state index contributed by atoms with van der Waals surface area (Å²) in [5.74, 6) is -0.350. The first-order valence-corrected chi connectivity index (χ1v) is 9.14. The van der Waals surface area contributed by atoms with E-state index < -0.39 is 0 Å². The Bertz CT molecular complexity index is 1040. The zero-order valence-electron chi connectivity index (χ0n) is 14.3. The van der Waals surface area contributed by atoms with E-state index in [4.69, 9.17) is 11.6 Å². The van der Waals surface area contributed by atoms with Crippen LogP contribution in [0.15, 0.2) is 61.2 Å². The van der Waals surface area contributed by atoms with Crippen LogP contribution in [0.5, 0.6) is 0 Å². The number of hydrogen-bond donors (Lipinski definition) is 0. The number of hydrogen-bond acceptors (Lipinski definition) is 2. The molecule has 4 aromatic rings. The monoisotopic (exact) mass is 364 g/mol. The normalized spacial score (nSPS) is 13.2. The van der Waals surface area contributed by atoms with Crippen molar-refractivity contribution in [2.45, 2.75) is 25.7 Å². The van der Waals surface area contributed by atoms with Gasteiger partial charge in [0.1, 0.15) is 5.82 Å². The lowest BCUT2D eigenvalue weighted by atomic mass is 9.86. The van der Waals surface area contributed by atoms with Gasteiger partial charge in [0.2, 0.25) is 0 Å². The summed E-state index contributed by atoms with van der Waals surface area (Å²) in [5.41, 5.74) is 2.94. The van der Waals surface area contributed by atoms with Crippen molar-refractivity contribution in [3.63, 3.8) is 0 Å². The number of nitrogens with zero attached hydrogens (tertiary/aromatic N) is 2. The number of aromatic nitrogens is 2. The fraction of sp³-hybridized carbons (Fsp3) is 0.182. The molecule has 1 aliphatic carbocycles. The molecular formula is C22H18ClFN2. The van der Waals surface area contributed by atoms with Crippen LogP contribution in [0.1, 0.15) is 24.0 Å². The van der Waals surface area contributed by atoms with Crippen molar-refractivity contribution in [3.8, 4) is 0 Å². The lowest BCUT2D eigenvalue weighted by Gasteiger charge is -2.18. The van der Waals surface area contributed by atoms with Crippen molar-refractivity contribution >= 4 is 33.1 Å². The van der Waals surface area contributed by atoms with Crippen molar-refractivity contribution in [1.29, 1.82) is 0 Å². The van der Waals surface area contributed by atoms with Gasteiger partial charge in [0, 0.05) is 24.8 Å². The van der Waals surface area contributed by atoms with Gasteiger partial charge in [-0.2, -0.15) is 0 Å². The van der Waals surface area contributed by atoms with Crippen LogP contribution >= 0.6 is 11.6 Å². The van der Waals surface area contributed by atoms with Crippen molar-refractivity contribution in [2.24, 2.45) is 0 Å². The summed E-state index contributed by atoms with van der Waals surface area (Å²) in [6, 6.07) is 11.8. The third-order valence-electron chi connectivity index (χ3n) is 4.87. The van der Waals surface area contributed by atoms with Gasteiger partial charge < -0.3 is 0 Å². The molecule has 1 aliphatic rings. The van der Waals surface area contributed by atoms with E-state index >= 15 is 0 Å². The fourth-order valence-electron chi connectivity index (χ4n) is 3.64. The summed E-state index contributed by atoms with van der Waals surface area (Å²) in [4.78, 5) is 7.44. The molecule has 5 rings (SSSR count). The first kappa shape index (κ1) is 16.9. The van der Waals surface area contributed by atoms with Crippen molar-refractivity contribution in [1.82, 2.24) is 9.97 Å². The molecule has 0 bridgehead atoms. The Morgan fingerprint density at radius 2 is 1.46 bits per heavy atom. The van der Waals surface area contributed by atoms with Crippen LogP contribution in [0.3, 0.4) is 0 Å². The van der Waals surface area contributed by atoms with Crippen LogP contribution in [0.25, 0.3) is 21.5 Å². The van der Waals surface area contributed by atoms with Gasteiger partial charge in [0.25, 0.3) is 0 Å². The van der Waals surface area contributed by atoms with Crippen LogP contribution < -0.4 is 0 Å². The third kappa shape index (κ3) is 3.27. The third-order valence-corrected chi connectivity index (χ3v) is 5.16. The van der Waals surface area contributed by atoms with Crippen molar-refractivity contribution < 1.29 is 4.39 Å². The number of benzene rings is 3. The summed E-state index contributed by atoms with van der Waals surface area (Å²) in [7, 11) is 0. The van der Waals surface area contributed by atoms with Crippen LogP contribution in [-0.2, 0) is 12.8 Å². The Kier molecular flexibility index (Phi) is 4.81. The maximum atomic E-state index is 13.6. The summed E-state index contributed by atoms with van der Waals surface area (Å²) in [6.45, 7) is 0. The fourth-order valence-corrected chi connectivity index (χ4v) is 3.81. The standard InChI is InChI=1S/C18H14ClF.C4H4N2/c19-17-10-16-12(9-18(17)20)6-8-14-13-4-2-1-3-11(13)5-7-15(14)16;1-2-6-4-3-5-1/h5-10H,1-4H2;1-4H. The van der Waals surface area contributed by atoms with Crippen molar-refractivity contribution in [2.75, 3.05) is 0 Å². The molecule has 0 atom stereocenters. The molecule has 1 aromatic heterocycles. The molecule has 3 aromatic carbocycles. The molecule has 0 saturated carbocycles. The summed E-state index contributed by atoms with van der Waals surface area (Å²) < 4.78 is 13.6. The zero-order valence-corrected chi connectivity index (χ0v) is 15.0. The van der Waals surface area contributed by atoms with E-state index in [9.17, 15) is 4.39 Å². The smallest absolute Gasteiger partial charge is 0.142 e.